The van der Waals surface area contributed by atoms with Crippen molar-refractivity contribution in [2.45, 2.75) is 19.3 Å². The first-order chi connectivity index (χ1) is 14.1. The number of carbonyl (C=O) groups is 1. The number of hydrogen-bond acceptors (Lipinski definition) is 5. The molecule has 1 aliphatic rings. The topological polar surface area (TPSA) is 85.8 Å². The first-order valence-electron chi connectivity index (χ1n) is 9.42. The lowest BCUT2D eigenvalue weighted by molar-refractivity contribution is -0.116. The van der Waals surface area contributed by atoms with E-state index in [-0.39, 0.29) is 18.2 Å². The van der Waals surface area contributed by atoms with Crippen LogP contribution in [0.1, 0.15) is 29.4 Å². The minimum absolute atomic E-state index is 0.0678. The molecule has 1 N–H and O–H groups in total. The number of nitrogens with one attached hydrogen (secondary N) is 1. The Morgan fingerprint density at radius 2 is 1.93 bits per heavy atom. The minimum atomic E-state index is -0.259. The summed E-state index contributed by atoms with van der Waals surface area (Å²) >= 11 is 0. The van der Waals surface area contributed by atoms with Crippen molar-refractivity contribution in [1.82, 2.24) is 19.7 Å². The van der Waals surface area contributed by atoms with Gasteiger partial charge < -0.3 is 9.73 Å². The molecule has 144 valence electrons. The molecular weight excluding hydrogens is 366 g/mol. The van der Waals surface area contributed by atoms with Gasteiger partial charge in [0, 0.05) is 36.7 Å². The molecule has 0 spiro atoms. The highest BCUT2D eigenvalue weighted by atomic mass is 16.4. The molecule has 4 heterocycles. The van der Waals surface area contributed by atoms with Gasteiger partial charge in [-0.15, -0.1) is 0 Å². The third-order valence-corrected chi connectivity index (χ3v) is 5.17. The number of hydrogen-bond donors (Lipinski definition) is 1. The SMILES string of the molecule is Cc1oc(-c2ccccc2)nc1[C@@H]1CC(=O)Nc2c1c(-c1ccccn1)nn2C. The fourth-order valence-electron chi connectivity index (χ4n) is 3.85. The highest BCUT2D eigenvalue weighted by Gasteiger charge is 2.36. The Bertz CT molecular complexity index is 1190. The van der Waals surface area contributed by atoms with E-state index in [0.717, 1.165) is 28.2 Å². The van der Waals surface area contributed by atoms with E-state index in [1.807, 2.05) is 62.5 Å². The first kappa shape index (κ1) is 17.4. The van der Waals surface area contributed by atoms with Crippen molar-refractivity contribution in [2.75, 3.05) is 5.32 Å². The van der Waals surface area contributed by atoms with E-state index < -0.39 is 0 Å². The Morgan fingerprint density at radius 3 is 2.69 bits per heavy atom. The highest BCUT2D eigenvalue weighted by Crippen LogP contribution is 2.43. The molecule has 0 unspecified atom stereocenters. The van der Waals surface area contributed by atoms with Gasteiger partial charge in [-0.3, -0.25) is 14.5 Å². The van der Waals surface area contributed by atoms with Gasteiger partial charge in [-0.05, 0) is 31.2 Å². The van der Waals surface area contributed by atoms with E-state index in [0.29, 0.717) is 17.5 Å². The third-order valence-electron chi connectivity index (χ3n) is 5.17. The van der Waals surface area contributed by atoms with Crippen molar-refractivity contribution in [1.29, 1.82) is 0 Å². The van der Waals surface area contributed by atoms with Crippen LogP contribution in [-0.4, -0.2) is 25.7 Å². The first-order valence-corrected chi connectivity index (χ1v) is 9.42. The van der Waals surface area contributed by atoms with E-state index in [1.165, 1.54) is 0 Å². The summed E-state index contributed by atoms with van der Waals surface area (Å²) in [4.78, 5) is 21.7. The molecule has 1 atom stereocenters. The second-order valence-electron chi connectivity index (χ2n) is 7.08. The molecule has 29 heavy (non-hydrogen) atoms. The lowest BCUT2D eigenvalue weighted by atomic mass is 9.87. The molecule has 4 aromatic rings. The number of fused-ring (bicyclic) bond motifs is 1. The number of pyridine rings is 1. The van der Waals surface area contributed by atoms with Crippen LogP contribution < -0.4 is 5.32 Å². The molecule has 3 aromatic heterocycles. The maximum atomic E-state index is 12.5. The fourth-order valence-corrected chi connectivity index (χ4v) is 3.85. The van der Waals surface area contributed by atoms with Gasteiger partial charge in [-0.2, -0.15) is 5.10 Å². The zero-order valence-corrected chi connectivity index (χ0v) is 16.1. The monoisotopic (exact) mass is 385 g/mol. The molecule has 0 radical (unpaired) electrons. The molecule has 5 rings (SSSR count). The number of rotatable bonds is 3. The molecule has 0 fully saturated rings. The van der Waals surface area contributed by atoms with E-state index in [1.54, 1.807) is 10.9 Å². The van der Waals surface area contributed by atoms with Crippen molar-refractivity contribution in [2.24, 2.45) is 7.05 Å². The molecule has 0 bridgehead atoms. The summed E-state index contributed by atoms with van der Waals surface area (Å²) in [6.45, 7) is 1.89. The summed E-state index contributed by atoms with van der Waals surface area (Å²) in [5, 5.41) is 7.60. The zero-order valence-electron chi connectivity index (χ0n) is 16.1. The maximum Gasteiger partial charge on any atom is 0.226 e. The van der Waals surface area contributed by atoms with E-state index in [2.05, 4.69) is 15.4 Å². The fraction of sp³-hybridized carbons (Fsp3) is 0.182. The van der Waals surface area contributed by atoms with Crippen molar-refractivity contribution >= 4 is 11.7 Å². The molecule has 0 aliphatic carbocycles. The lowest BCUT2D eigenvalue weighted by Gasteiger charge is -2.22. The molecule has 0 saturated carbocycles. The van der Waals surface area contributed by atoms with Gasteiger partial charge in [0.05, 0.1) is 11.4 Å². The van der Waals surface area contributed by atoms with Crippen LogP contribution in [0, 0.1) is 6.92 Å². The van der Waals surface area contributed by atoms with Crippen LogP contribution in [0.4, 0.5) is 5.82 Å². The summed E-state index contributed by atoms with van der Waals surface area (Å²) in [7, 11) is 1.82. The number of oxazole rings is 1. The normalized spacial score (nSPS) is 15.8. The van der Waals surface area contributed by atoms with Gasteiger partial charge in [0.15, 0.2) is 0 Å². The second kappa shape index (κ2) is 6.70. The van der Waals surface area contributed by atoms with Crippen molar-refractivity contribution < 1.29 is 9.21 Å². The van der Waals surface area contributed by atoms with Crippen LogP contribution >= 0.6 is 0 Å². The summed E-state index contributed by atoms with van der Waals surface area (Å²) in [6, 6.07) is 15.5. The zero-order chi connectivity index (χ0) is 20.0. The predicted molar refractivity (Wildman–Crippen MR) is 108 cm³/mol. The molecular formula is C22H19N5O2. The van der Waals surface area contributed by atoms with Crippen molar-refractivity contribution in [3.63, 3.8) is 0 Å². The number of amides is 1. The predicted octanol–water partition coefficient (Wildman–Crippen LogP) is 3.92. The third kappa shape index (κ3) is 2.91. The van der Waals surface area contributed by atoms with Gasteiger partial charge >= 0.3 is 0 Å². The molecule has 7 nitrogen and oxygen atoms in total. The number of carbonyl (C=O) groups excluding carboxylic acids is 1. The standard InChI is InChI=1S/C22H19N5O2/c1-13-19(25-22(29-13)14-8-4-3-5-9-14)15-12-17(28)24-21-18(15)20(26-27(21)2)16-10-6-7-11-23-16/h3-11,15H,12H2,1-2H3,(H,24,28)/t15-/m1/s1. The number of anilines is 1. The quantitative estimate of drug-likeness (QED) is 0.578. The van der Waals surface area contributed by atoms with E-state index in [9.17, 15) is 4.79 Å². The number of aryl methyl sites for hydroxylation is 2. The maximum absolute atomic E-state index is 12.5. The van der Waals surface area contributed by atoms with Gasteiger partial charge in [-0.1, -0.05) is 24.3 Å². The van der Waals surface area contributed by atoms with Crippen LogP contribution in [0.3, 0.4) is 0 Å². The van der Waals surface area contributed by atoms with Crippen LogP contribution in [0.2, 0.25) is 0 Å². The average Bonchev–Trinajstić information content (AvgIpc) is 3.29. The molecule has 0 saturated heterocycles. The molecule has 1 aliphatic heterocycles. The Balaban J connectivity index is 1.67. The van der Waals surface area contributed by atoms with E-state index in [4.69, 9.17) is 9.40 Å². The van der Waals surface area contributed by atoms with Gasteiger partial charge in [0.2, 0.25) is 11.8 Å². The van der Waals surface area contributed by atoms with Crippen molar-refractivity contribution in [3.8, 4) is 22.8 Å². The Hall–Kier alpha value is -3.74. The largest absolute Gasteiger partial charge is 0.441 e. The number of benzene rings is 1. The number of aromatic nitrogens is 4. The van der Waals surface area contributed by atoms with Gasteiger partial charge in [0.1, 0.15) is 17.3 Å². The van der Waals surface area contributed by atoms with Crippen LogP contribution in [0.5, 0.6) is 0 Å². The summed E-state index contributed by atoms with van der Waals surface area (Å²) in [6.07, 6.45) is 2.02. The van der Waals surface area contributed by atoms with Crippen LogP contribution in [-0.2, 0) is 11.8 Å². The molecule has 1 aromatic carbocycles. The van der Waals surface area contributed by atoms with Gasteiger partial charge in [0.25, 0.3) is 0 Å². The molecule has 7 heteroatoms. The van der Waals surface area contributed by atoms with Crippen LogP contribution in [0.15, 0.2) is 59.1 Å². The average molecular weight is 385 g/mol. The van der Waals surface area contributed by atoms with Crippen molar-refractivity contribution in [3.05, 3.63) is 71.7 Å². The summed E-state index contributed by atoms with van der Waals surface area (Å²) in [5.41, 5.74) is 4.08. The Kier molecular flexibility index (Phi) is 4.01. The Labute approximate surface area is 167 Å². The van der Waals surface area contributed by atoms with Crippen LogP contribution in [0.25, 0.3) is 22.8 Å². The minimum Gasteiger partial charge on any atom is -0.441 e. The lowest BCUT2D eigenvalue weighted by Crippen LogP contribution is -2.25. The summed E-state index contributed by atoms with van der Waals surface area (Å²) in [5.74, 6) is 1.60. The second-order valence-corrected chi connectivity index (χ2v) is 7.08. The Morgan fingerprint density at radius 1 is 1.14 bits per heavy atom. The number of nitrogens with zero attached hydrogens (tertiary/aromatic N) is 4. The molecule has 1 amide bonds. The smallest absolute Gasteiger partial charge is 0.226 e. The summed E-state index contributed by atoms with van der Waals surface area (Å²) < 4.78 is 7.66. The van der Waals surface area contributed by atoms with Gasteiger partial charge in [-0.25, -0.2) is 4.98 Å². The van der Waals surface area contributed by atoms with E-state index >= 15 is 0 Å². The highest BCUT2D eigenvalue weighted by molar-refractivity contribution is 5.96.